The molecule has 0 saturated heterocycles. The first-order valence-corrected chi connectivity index (χ1v) is 5.52. The molecule has 0 fully saturated rings. The highest BCUT2D eigenvalue weighted by Crippen LogP contribution is 2.27. The van der Waals surface area contributed by atoms with Gasteiger partial charge in [0.05, 0.1) is 0 Å². The Bertz CT molecular complexity index is 543. The Morgan fingerprint density at radius 1 is 1.25 bits per heavy atom. The Kier molecular flexibility index (Phi) is 2.38. The highest BCUT2D eigenvalue weighted by Gasteiger charge is 2.16. The molecule has 2 heteroatoms. The number of aromatic amines is 1. The normalized spacial score (nSPS) is 12.0. The number of hydrogen-bond donors (Lipinski definition) is 1. The summed E-state index contributed by atoms with van der Waals surface area (Å²) in [5.74, 6) is 0.109. The van der Waals surface area contributed by atoms with Gasteiger partial charge in [0.25, 0.3) is 0 Å². The first kappa shape index (κ1) is 10.9. The zero-order valence-corrected chi connectivity index (χ0v) is 10.2. The van der Waals surface area contributed by atoms with Crippen molar-refractivity contribution in [3.8, 4) is 0 Å². The van der Waals surface area contributed by atoms with Crippen LogP contribution in [0.2, 0.25) is 0 Å². The van der Waals surface area contributed by atoms with Crippen molar-refractivity contribution < 1.29 is 4.79 Å². The molecule has 16 heavy (non-hydrogen) atoms. The van der Waals surface area contributed by atoms with E-state index in [9.17, 15) is 4.79 Å². The molecule has 1 aromatic heterocycles. The molecule has 0 atom stereocenters. The topological polar surface area (TPSA) is 32.9 Å². The van der Waals surface area contributed by atoms with E-state index in [1.54, 1.807) is 13.1 Å². The van der Waals surface area contributed by atoms with E-state index in [4.69, 9.17) is 0 Å². The largest absolute Gasteiger partial charge is 0.360 e. The first-order valence-electron chi connectivity index (χ1n) is 5.52. The van der Waals surface area contributed by atoms with Crippen LogP contribution in [0.15, 0.2) is 24.4 Å². The number of Topliss-reactive ketones (excluding diaryl/α,β-unsaturated/α-hetero) is 1. The van der Waals surface area contributed by atoms with E-state index >= 15 is 0 Å². The molecule has 2 rings (SSSR count). The molecule has 0 aliphatic carbocycles. The lowest BCUT2D eigenvalue weighted by Crippen LogP contribution is -2.10. The van der Waals surface area contributed by atoms with Gasteiger partial charge in [-0.25, -0.2) is 0 Å². The molecule has 0 bridgehead atoms. The van der Waals surface area contributed by atoms with E-state index < -0.39 is 0 Å². The minimum atomic E-state index is 0.109. The number of hydrogen-bond acceptors (Lipinski definition) is 1. The van der Waals surface area contributed by atoms with Gasteiger partial charge in [0, 0.05) is 22.7 Å². The van der Waals surface area contributed by atoms with Crippen LogP contribution in [0.25, 0.3) is 10.9 Å². The second-order valence-electron chi connectivity index (χ2n) is 5.27. The van der Waals surface area contributed by atoms with Gasteiger partial charge in [-0.05, 0) is 30.0 Å². The van der Waals surface area contributed by atoms with Crippen LogP contribution in [-0.4, -0.2) is 10.8 Å². The summed E-state index contributed by atoms with van der Waals surface area (Å²) in [6, 6.07) is 6.27. The fourth-order valence-electron chi connectivity index (χ4n) is 1.88. The van der Waals surface area contributed by atoms with Gasteiger partial charge in [-0.15, -0.1) is 0 Å². The Morgan fingerprint density at radius 2 is 1.94 bits per heavy atom. The van der Waals surface area contributed by atoms with Crippen LogP contribution in [0, 0.1) is 0 Å². The van der Waals surface area contributed by atoms with Crippen molar-refractivity contribution in [1.29, 1.82) is 0 Å². The number of carbonyl (C=O) groups excluding carboxylic acids is 1. The number of rotatable bonds is 1. The lowest BCUT2D eigenvalue weighted by atomic mass is 9.86. The maximum atomic E-state index is 11.5. The van der Waals surface area contributed by atoms with E-state index in [1.807, 2.05) is 6.07 Å². The third kappa shape index (κ3) is 1.75. The minimum absolute atomic E-state index is 0.109. The van der Waals surface area contributed by atoms with Crippen LogP contribution in [0.3, 0.4) is 0 Å². The van der Waals surface area contributed by atoms with Gasteiger partial charge in [-0.1, -0.05) is 26.8 Å². The van der Waals surface area contributed by atoms with E-state index in [1.165, 1.54) is 5.56 Å². The molecular weight excluding hydrogens is 198 g/mol. The SMILES string of the molecule is CC(=O)c1c[nH]c2ccc(C(C)(C)C)cc12. The van der Waals surface area contributed by atoms with Crippen molar-refractivity contribution >= 4 is 16.7 Å². The van der Waals surface area contributed by atoms with Crippen molar-refractivity contribution in [3.05, 3.63) is 35.5 Å². The molecule has 0 saturated carbocycles. The fourth-order valence-corrected chi connectivity index (χ4v) is 1.88. The van der Waals surface area contributed by atoms with Crippen molar-refractivity contribution in [2.75, 3.05) is 0 Å². The van der Waals surface area contributed by atoms with Gasteiger partial charge in [-0.2, -0.15) is 0 Å². The van der Waals surface area contributed by atoms with Gasteiger partial charge >= 0.3 is 0 Å². The van der Waals surface area contributed by atoms with E-state index in [0.29, 0.717) is 0 Å². The summed E-state index contributed by atoms with van der Waals surface area (Å²) < 4.78 is 0. The number of H-pyrrole nitrogens is 1. The second-order valence-corrected chi connectivity index (χ2v) is 5.27. The number of nitrogens with one attached hydrogen (secondary N) is 1. The van der Waals surface area contributed by atoms with E-state index in [-0.39, 0.29) is 11.2 Å². The highest BCUT2D eigenvalue weighted by atomic mass is 16.1. The summed E-state index contributed by atoms with van der Waals surface area (Å²) in [6.07, 6.45) is 1.79. The predicted molar refractivity (Wildman–Crippen MR) is 67.0 cm³/mol. The molecule has 0 aliphatic rings. The first-order chi connectivity index (χ1) is 7.39. The van der Waals surface area contributed by atoms with Crippen molar-refractivity contribution in [2.45, 2.75) is 33.1 Å². The Morgan fingerprint density at radius 3 is 2.50 bits per heavy atom. The molecule has 2 aromatic rings. The molecule has 1 aromatic carbocycles. The van der Waals surface area contributed by atoms with Gasteiger partial charge in [0.15, 0.2) is 5.78 Å². The fraction of sp³-hybridized carbons (Fsp3) is 0.357. The molecule has 0 radical (unpaired) electrons. The number of ketones is 1. The second kappa shape index (κ2) is 3.48. The van der Waals surface area contributed by atoms with Gasteiger partial charge < -0.3 is 4.98 Å². The molecule has 0 spiro atoms. The van der Waals surface area contributed by atoms with Gasteiger partial charge in [0.2, 0.25) is 0 Å². The predicted octanol–water partition coefficient (Wildman–Crippen LogP) is 3.67. The number of aromatic nitrogens is 1. The summed E-state index contributed by atoms with van der Waals surface area (Å²) in [6.45, 7) is 8.13. The molecule has 1 N–H and O–H groups in total. The van der Waals surface area contributed by atoms with E-state index in [0.717, 1.165) is 16.5 Å². The molecule has 84 valence electrons. The van der Waals surface area contributed by atoms with Crippen molar-refractivity contribution in [3.63, 3.8) is 0 Å². The average molecular weight is 215 g/mol. The third-order valence-electron chi connectivity index (χ3n) is 2.93. The van der Waals surface area contributed by atoms with Crippen LogP contribution < -0.4 is 0 Å². The quantitative estimate of drug-likeness (QED) is 0.723. The molecule has 2 nitrogen and oxygen atoms in total. The summed E-state index contributed by atoms with van der Waals surface area (Å²) >= 11 is 0. The van der Waals surface area contributed by atoms with Crippen LogP contribution in [0.5, 0.6) is 0 Å². The van der Waals surface area contributed by atoms with E-state index in [2.05, 4.69) is 37.9 Å². The van der Waals surface area contributed by atoms with Crippen LogP contribution in [-0.2, 0) is 5.41 Å². The summed E-state index contributed by atoms with van der Waals surface area (Å²) in [4.78, 5) is 14.6. The number of fused-ring (bicyclic) bond motifs is 1. The average Bonchev–Trinajstić information content (AvgIpc) is 2.58. The molecule has 0 unspecified atom stereocenters. The maximum Gasteiger partial charge on any atom is 0.161 e. The van der Waals surface area contributed by atoms with Crippen LogP contribution in [0.1, 0.15) is 43.6 Å². The number of carbonyl (C=O) groups is 1. The summed E-state index contributed by atoms with van der Waals surface area (Å²) in [5.41, 5.74) is 3.17. The smallest absolute Gasteiger partial charge is 0.161 e. The molecular formula is C14H17NO. The van der Waals surface area contributed by atoms with Crippen LogP contribution >= 0.6 is 0 Å². The number of benzene rings is 1. The molecule has 0 aliphatic heterocycles. The Labute approximate surface area is 95.7 Å². The summed E-state index contributed by atoms with van der Waals surface area (Å²) in [7, 11) is 0. The third-order valence-corrected chi connectivity index (χ3v) is 2.93. The van der Waals surface area contributed by atoms with Gasteiger partial charge in [0.1, 0.15) is 0 Å². The van der Waals surface area contributed by atoms with Crippen molar-refractivity contribution in [1.82, 2.24) is 4.98 Å². The Balaban J connectivity index is 2.68. The Hall–Kier alpha value is -1.57. The maximum absolute atomic E-state index is 11.5. The highest BCUT2D eigenvalue weighted by molar-refractivity contribution is 6.06. The lowest BCUT2D eigenvalue weighted by Gasteiger charge is -2.19. The molecule has 1 heterocycles. The zero-order chi connectivity index (χ0) is 11.9. The standard InChI is InChI=1S/C14H17NO/c1-9(16)12-8-15-13-6-5-10(7-11(12)13)14(2,3)4/h5-8,15H,1-4H3. The zero-order valence-electron chi connectivity index (χ0n) is 10.2. The summed E-state index contributed by atoms with van der Waals surface area (Å²) in [5, 5.41) is 1.03. The lowest BCUT2D eigenvalue weighted by molar-refractivity contribution is 0.101. The minimum Gasteiger partial charge on any atom is -0.360 e. The van der Waals surface area contributed by atoms with Crippen molar-refractivity contribution in [2.24, 2.45) is 0 Å². The molecule has 0 amide bonds. The van der Waals surface area contributed by atoms with Crippen LogP contribution in [0.4, 0.5) is 0 Å². The monoisotopic (exact) mass is 215 g/mol. The van der Waals surface area contributed by atoms with Gasteiger partial charge in [-0.3, -0.25) is 4.79 Å².